The molecule has 0 bridgehead atoms. The molecular weight excluding hydrogens is 1240 g/mol. The molecule has 16 nitrogen and oxygen atoms in total. The molecule has 5 atom stereocenters. The second-order valence-electron chi connectivity index (χ2n) is 23.6. The Morgan fingerprint density at radius 1 is 0.305 bits per heavy atom. The van der Waals surface area contributed by atoms with Gasteiger partial charge in [0.15, 0.2) is 6.10 Å². The highest BCUT2D eigenvalue weighted by molar-refractivity contribution is 7.47. The number of hydrogen-bond acceptors (Lipinski definition) is 14. The first-order chi connectivity index (χ1) is 46.2. The number of phosphoric acid groups is 2. The number of carbonyl (C=O) groups excluding carboxylic acids is 3. The molecule has 0 aliphatic rings. The number of ether oxygens (including phenoxy) is 3. The first-order valence-electron chi connectivity index (χ1n) is 36.1. The highest BCUT2D eigenvalue weighted by Gasteiger charge is 2.29. The molecule has 0 heterocycles. The van der Waals surface area contributed by atoms with Crippen molar-refractivity contribution in [1.82, 2.24) is 0 Å². The molecule has 0 saturated heterocycles. The lowest BCUT2D eigenvalue weighted by Gasteiger charge is -2.21. The van der Waals surface area contributed by atoms with Crippen LogP contribution in [0.4, 0.5) is 0 Å². The largest absolute Gasteiger partial charge is 0.472 e. The summed E-state index contributed by atoms with van der Waals surface area (Å²) in [6, 6.07) is 0. The number of allylic oxidation sites excluding steroid dienone is 24. The number of phosphoric ester groups is 2. The summed E-state index contributed by atoms with van der Waals surface area (Å²) in [7, 11) is -9.81. The van der Waals surface area contributed by atoms with Gasteiger partial charge < -0.3 is 34.2 Å². The fourth-order valence-corrected chi connectivity index (χ4v) is 10.6. The van der Waals surface area contributed by atoms with Gasteiger partial charge in [0.2, 0.25) is 0 Å². The maximum atomic E-state index is 13.0. The van der Waals surface area contributed by atoms with Crippen LogP contribution in [-0.4, -0.2) is 95.9 Å². The van der Waals surface area contributed by atoms with E-state index < -0.39 is 91.5 Å². The van der Waals surface area contributed by atoms with Crippen LogP contribution < -0.4 is 0 Å². The Labute approximate surface area is 575 Å². The lowest BCUT2D eigenvalue weighted by Crippen LogP contribution is -2.30. The fourth-order valence-electron chi connectivity index (χ4n) is 9.00. The van der Waals surface area contributed by atoms with Gasteiger partial charge in [0.25, 0.3) is 0 Å². The molecule has 0 rings (SSSR count). The molecule has 0 aromatic rings. The minimum atomic E-state index is -4.95. The Bertz CT molecular complexity index is 2310. The normalized spacial score (nSPS) is 15.0. The minimum absolute atomic E-state index is 0.0766. The van der Waals surface area contributed by atoms with E-state index in [1.165, 1.54) is 44.9 Å². The zero-order valence-electron chi connectivity index (χ0n) is 58.8. The van der Waals surface area contributed by atoms with Gasteiger partial charge in [-0.3, -0.25) is 32.5 Å². The number of unbranched alkanes of at least 4 members (excludes halogenated alkanes) is 20. The van der Waals surface area contributed by atoms with Crippen LogP contribution in [0.15, 0.2) is 146 Å². The van der Waals surface area contributed by atoms with E-state index in [2.05, 4.69) is 167 Å². The molecule has 542 valence electrons. The van der Waals surface area contributed by atoms with E-state index in [0.29, 0.717) is 19.3 Å². The van der Waals surface area contributed by atoms with E-state index >= 15 is 0 Å². The summed E-state index contributed by atoms with van der Waals surface area (Å²) in [6.07, 6.45) is 83.1. The highest BCUT2D eigenvalue weighted by atomic mass is 31.2. The van der Waals surface area contributed by atoms with E-state index in [0.717, 1.165) is 161 Å². The predicted molar refractivity (Wildman–Crippen MR) is 389 cm³/mol. The SMILES string of the molecule is CC/C=C\C/C=C\C/C=C\C/C=C\C/C=C\CCCCCC(=O)OCC(COP(=O)(O)OCC(O)COP(=O)(O)OCC(O)COC(=O)CCCCCCC/C=C\C/C=C\C/C=C\C/C=C\CCCCC)OC(=O)CCCCCCCC/C=C\C/C=C\C/C=C\CCCCC. The molecule has 18 heteroatoms. The minimum Gasteiger partial charge on any atom is -0.463 e. The quantitative estimate of drug-likeness (QED) is 0.0146. The van der Waals surface area contributed by atoms with Gasteiger partial charge in [-0.25, -0.2) is 9.13 Å². The number of aliphatic hydroxyl groups is 2. The standard InChI is InChI=1S/C77H128O16P2/c1-4-7-10-13-16-19-22-25-28-31-34-35-38-40-42-45-48-51-54-57-60-63-75(80)87-66-72(78)67-89-94(83,84)90-68-73(79)69-91-95(85,86)92-71-74(93-77(82)65-62-59-56-53-50-47-44-41-37-33-30-27-24-21-18-15-12-9-6-3)70-88-76(81)64-61-58-55-52-49-46-43-39-36-32-29-26-23-20-17-14-11-8-5-2/h8,11,16-21,25-30,34-37,39-42,46,49,72-74,78-79H,4-7,9-10,12-15,22-24,31-33,38,43-45,47-48,50-71H2,1-3H3,(H,83,84)(H,85,86)/b11-8-,19-16-,20-17-,21-18-,28-25-,29-26-,30-27-,35-34-,39-36-,41-37-,42-40-,49-46-. The maximum Gasteiger partial charge on any atom is 0.472 e. The summed E-state index contributed by atoms with van der Waals surface area (Å²) in [5.74, 6) is -1.65. The molecule has 0 saturated carbocycles. The van der Waals surface area contributed by atoms with Crippen LogP contribution >= 0.6 is 15.6 Å². The molecule has 5 unspecified atom stereocenters. The van der Waals surface area contributed by atoms with Crippen LogP contribution in [0, 0.1) is 0 Å². The number of aliphatic hydroxyl groups excluding tert-OH is 2. The summed E-state index contributed by atoms with van der Waals surface area (Å²) in [5.41, 5.74) is 0. The Balaban J connectivity index is 4.78. The lowest BCUT2D eigenvalue weighted by molar-refractivity contribution is -0.161. The van der Waals surface area contributed by atoms with Crippen LogP contribution in [0.3, 0.4) is 0 Å². The van der Waals surface area contributed by atoms with Gasteiger partial charge in [-0.1, -0.05) is 244 Å². The molecule has 0 aliphatic carbocycles. The second kappa shape index (κ2) is 69.3. The van der Waals surface area contributed by atoms with Crippen LogP contribution in [0.2, 0.25) is 0 Å². The van der Waals surface area contributed by atoms with Crippen molar-refractivity contribution in [2.45, 2.75) is 283 Å². The fraction of sp³-hybridized carbons (Fsp3) is 0.649. The van der Waals surface area contributed by atoms with Gasteiger partial charge >= 0.3 is 33.6 Å². The molecule has 0 aromatic heterocycles. The van der Waals surface area contributed by atoms with Crippen LogP contribution in [-0.2, 0) is 55.8 Å². The predicted octanol–water partition coefficient (Wildman–Crippen LogP) is 20.5. The third-order valence-electron chi connectivity index (χ3n) is 14.5. The molecule has 95 heavy (non-hydrogen) atoms. The zero-order chi connectivity index (χ0) is 69.5. The van der Waals surface area contributed by atoms with E-state index in [1.54, 1.807) is 0 Å². The summed E-state index contributed by atoms with van der Waals surface area (Å²) in [5, 5.41) is 20.6. The van der Waals surface area contributed by atoms with E-state index in [4.69, 9.17) is 32.3 Å². The van der Waals surface area contributed by atoms with Gasteiger partial charge in [0.05, 0.1) is 26.4 Å². The Kier molecular flexibility index (Phi) is 66.0. The third-order valence-corrected chi connectivity index (χ3v) is 16.4. The van der Waals surface area contributed by atoms with Crippen molar-refractivity contribution >= 4 is 33.6 Å². The number of rotatable bonds is 67. The molecule has 4 N–H and O–H groups in total. The third kappa shape index (κ3) is 70.6. The molecule has 0 radical (unpaired) electrons. The van der Waals surface area contributed by atoms with Gasteiger partial charge in [-0.05, 0) is 148 Å². The van der Waals surface area contributed by atoms with Crippen molar-refractivity contribution in [2.24, 2.45) is 0 Å². The van der Waals surface area contributed by atoms with Gasteiger partial charge in [0.1, 0.15) is 25.4 Å². The van der Waals surface area contributed by atoms with Crippen LogP contribution in [0.25, 0.3) is 0 Å². The molecule has 0 amide bonds. The topological polar surface area (TPSA) is 231 Å². The molecule has 0 aromatic carbocycles. The summed E-state index contributed by atoms with van der Waals surface area (Å²) >= 11 is 0. The molecule has 0 aliphatic heterocycles. The summed E-state index contributed by atoms with van der Waals surface area (Å²) in [6.45, 7) is 2.41. The molecule has 0 spiro atoms. The number of hydrogen-bond donors (Lipinski definition) is 4. The Morgan fingerprint density at radius 3 is 0.895 bits per heavy atom. The van der Waals surface area contributed by atoms with Crippen LogP contribution in [0.1, 0.15) is 265 Å². The van der Waals surface area contributed by atoms with Crippen molar-refractivity contribution in [3.63, 3.8) is 0 Å². The van der Waals surface area contributed by atoms with Crippen molar-refractivity contribution in [1.29, 1.82) is 0 Å². The monoisotopic (exact) mass is 1370 g/mol. The van der Waals surface area contributed by atoms with Crippen molar-refractivity contribution in [3.05, 3.63) is 146 Å². The molecular formula is C77H128O16P2. The van der Waals surface area contributed by atoms with E-state index in [9.17, 15) is 43.5 Å². The highest BCUT2D eigenvalue weighted by Crippen LogP contribution is 2.45. The summed E-state index contributed by atoms with van der Waals surface area (Å²) < 4.78 is 61.0. The van der Waals surface area contributed by atoms with E-state index in [1.807, 2.05) is 0 Å². The van der Waals surface area contributed by atoms with Gasteiger partial charge in [0, 0.05) is 19.3 Å². The van der Waals surface area contributed by atoms with Gasteiger partial charge in [-0.2, -0.15) is 0 Å². The second-order valence-corrected chi connectivity index (χ2v) is 26.6. The maximum absolute atomic E-state index is 13.0. The molecule has 0 fully saturated rings. The van der Waals surface area contributed by atoms with Crippen molar-refractivity contribution in [2.75, 3.05) is 39.6 Å². The van der Waals surface area contributed by atoms with Crippen molar-refractivity contribution < 1.29 is 75.8 Å². The Hall–Kier alpha value is -4.57. The number of esters is 3. The average Bonchev–Trinajstić information content (AvgIpc) is 1.75. The zero-order valence-corrected chi connectivity index (χ0v) is 60.6. The lowest BCUT2D eigenvalue weighted by atomic mass is 10.1. The average molecular weight is 1370 g/mol. The first kappa shape index (κ1) is 90.4. The van der Waals surface area contributed by atoms with Crippen LogP contribution in [0.5, 0.6) is 0 Å². The Morgan fingerprint density at radius 2 is 0.558 bits per heavy atom. The summed E-state index contributed by atoms with van der Waals surface area (Å²) in [4.78, 5) is 58.5. The first-order valence-corrected chi connectivity index (χ1v) is 39.1. The smallest absolute Gasteiger partial charge is 0.463 e. The van der Waals surface area contributed by atoms with E-state index in [-0.39, 0.29) is 19.3 Å². The van der Waals surface area contributed by atoms with Gasteiger partial charge in [-0.15, -0.1) is 0 Å². The van der Waals surface area contributed by atoms with Crippen molar-refractivity contribution in [3.8, 4) is 0 Å². The number of carbonyl (C=O) groups is 3.